The Balaban J connectivity index is 0.00000180. The average Bonchev–Trinajstić information content (AvgIpc) is 2.63. The van der Waals surface area contributed by atoms with Crippen LogP contribution in [-0.2, 0) is 22.6 Å². The van der Waals surface area contributed by atoms with E-state index in [1.165, 1.54) is 0 Å². The molecule has 0 fully saturated rings. The van der Waals surface area contributed by atoms with Gasteiger partial charge in [0.15, 0.2) is 17.6 Å². The largest absolute Gasteiger partial charge is 1.00 e. The number of aromatic nitrogens is 2. The SMILES string of the molecule is CCOC(=O)C[n+]1c(C)n(CC)c2ccccc21.[I-]. The lowest BCUT2D eigenvalue weighted by Crippen LogP contribution is -3.00. The van der Waals surface area contributed by atoms with Gasteiger partial charge >= 0.3 is 5.97 Å². The van der Waals surface area contributed by atoms with Crippen LogP contribution in [0.3, 0.4) is 0 Å². The van der Waals surface area contributed by atoms with Crippen molar-refractivity contribution < 1.29 is 38.1 Å². The smallest absolute Gasteiger partial charge is 0.348 e. The molecule has 0 atom stereocenters. The Labute approximate surface area is 130 Å². The highest BCUT2D eigenvalue weighted by molar-refractivity contribution is 5.73. The Hall–Kier alpha value is -1.11. The number of halogens is 1. The van der Waals surface area contributed by atoms with Crippen LogP contribution in [0.1, 0.15) is 19.7 Å². The first-order valence-corrected chi connectivity index (χ1v) is 6.32. The number of hydrogen-bond donors (Lipinski definition) is 0. The van der Waals surface area contributed by atoms with E-state index in [4.69, 9.17) is 4.74 Å². The van der Waals surface area contributed by atoms with Gasteiger partial charge in [0.25, 0.3) is 5.82 Å². The second-order valence-electron chi connectivity index (χ2n) is 4.17. The molecule has 0 aliphatic heterocycles. The number of imidazole rings is 1. The number of fused-ring (bicyclic) bond motifs is 1. The van der Waals surface area contributed by atoms with Crippen molar-refractivity contribution in [1.82, 2.24) is 4.57 Å². The number of hydrogen-bond acceptors (Lipinski definition) is 2. The van der Waals surface area contributed by atoms with E-state index in [1.807, 2.05) is 36.6 Å². The van der Waals surface area contributed by atoms with Gasteiger partial charge in [0.05, 0.1) is 13.2 Å². The van der Waals surface area contributed by atoms with Crippen LogP contribution in [0.2, 0.25) is 0 Å². The van der Waals surface area contributed by atoms with Crippen molar-refractivity contribution in [2.45, 2.75) is 33.9 Å². The number of carbonyl (C=O) groups excluding carboxylic acids is 1. The van der Waals surface area contributed by atoms with Crippen molar-refractivity contribution in [1.29, 1.82) is 0 Å². The lowest BCUT2D eigenvalue weighted by Gasteiger charge is -2.01. The fourth-order valence-electron chi connectivity index (χ4n) is 2.35. The molecule has 0 spiro atoms. The first-order chi connectivity index (χ1) is 8.69. The summed E-state index contributed by atoms with van der Waals surface area (Å²) in [5, 5.41) is 0. The fourth-order valence-corrected chi connectivity index (χ4v) is 2.35. The topological polar surface area (TPSA) is 35.1 Å². The third-order valence-corrected chi connectivity index (χ3v) is 3.15. The first kappa shape index (κ1) is 15.9. The van der Waals surface area contributed by atoms with Gasteiger partial charge in [0, 0.05) is 6.92 Å². The van der Waals surface area contributed by atoms with E-state index >= 15 is 0 Å². The molecule has 0 aliphatic carbocycles. The summed E-state index contributed by atoms with van der Waals surface area (Å²) < 4.78 is 9.24. The third kappa shape index (κ3) is 3.08. The number of para-hydroxylation sites is 2. The van der Waals surface area contributed by atoms with Crippen molar-refractivity contribution in [2.24, 2.45) is 0 Å². The minimum absolute atomic E-state index is 0. The quantitative estimate of drug-likeness (QED) is 0.384. The normalized spacial score (nSPS) is 10.3. The number of esters is 1. The van der Waals surface area contributed by atoms with Crippen molar-refractivity contribution in [3.05, 3.63) is 30.1 Å². The zero-order valence-corrected chi connectivity index (χ0v) is 13.7. The summed E-state index contributed by atoms with van der Waals surface area (Å²) in [6, 6.07) is 8.12. The standard InChI is InChI=1S/C14H19N2O2.HI/c1-4-15-11(3)16(10-14(17)18-5-2)13-9-7-6-8-12(13)15;/h6-9H,4-5,10H2,1-3H3;1H/q+1;/p-1. The number of carbonyl (C=O) groups is 1. The first-order valence-electron chi connectivity index (χ1n) is 6.32. The Morgan fingerprint density at radius 1 is 1.32 bits per heavy atom. The minimum Gasteiger partial charge on any atom is -1.00 e. The summed E-state index contributed by atoms with van der Waals surface area (Å²) in [7, 11) is 0. The predicted octanol–water partition coefficient (Wildman–Crippen LogP) is -1.18. The van der Waals surface area contributed by atoms with E-state index in [9.17, 15) is 4.79 Å². The molecular formula is C14H19IN2O2. The zero-order valence-electron chi connectivity index (χ0n) is 11.5. The van der Waals surface area contributed by atoms with Gasteiger partial charge in [-0.3, -0.25) is 0 Å². The van der Waals surface area contributed by atoms with Gasteiger partial charge in [-0.05, 0) is 26.0 Å². The Morgan fingerprint density at radius 2 is 2.00 bits per heavy atom. The monoisotopic (exact) mass is 374 g/mol. The summed E-state index contributed by atoms with van der Waals surface area (Å²) >= 11 is 0. The highest BCUT2D eigenvalue weighted by atomic mass is 127. The van der Waals surface area contributed by atoms with E-state index in [0.717, 1.165) is 23.4 Å². The molecular weight excluding hydrogens is 355 g/mol. The van der Waals surface area contributed by atoms with Crippen LogP contribution in [0.15, 0.2) is 24.3 Å². The number of benzene rings is 1. The van der Waals surface area contributed by atoms with Crippen LogP contribution in [0.4, 0.5) is 0 Å². The van der Waals surface area contributed by atoms with Gasteiger partial charge in [-0.2, -0.15) is 0 Å². The van der Waals surface area contributed by atoms with Gasteiger partial charge in [-0.1, -0.05) is 12.1 Å². The van der Waals surface area contributed by atoms with Gasteiger partial charge in [0.2, 0.25) is 0 Å². The van der Waals surface area contributed by atoms with E-state index in [2.05, 4.69) is 17.6 Å². The summed E-state index contributed by atoms with van der Waals surface area (Å²) in [5.41, 5.74) is 2.23. The number of nitrogens with zero attached hydrogens (tertiary/aromatic N) is 2. The molecule has 0 radical (unpaired) electrons. The molecule has 1 aromatic heterocycles. The summed E-state index contributed by atoms with van der Waals surface area (Å²) in [6.45, 7) is 7.54. The lowest BCUT2D eigenvalue weighted by molar-refractivity contribution is -0.667. The third-order valence-electron chi connectivity index (χ3n) is 3.15. The number of ether oxygens (including phenoxy) is 1. The maximum absolute atomic E-state index is 11.7. The van der Waals surface area contributed by atoms with Crippen LogP contribution in [0.5, 0.6) is 0 Å². The molecule has 0 saturated heterocycles. The van der Waals surface area contributed by atoms with E-state index in [1.54, 1.807) is 0 Å². The van der Waals surface area contributed by atoms with Crippen molar-refractivity contribution >= 4 is 17.0 Å². The Kier molecular flexibility index (Phi) is 5.78. The summed E-state index contributed by atoms with van der Waals surface area (Å²) in [4.78, 5) is 11.7. The number of aryl methyl sites for hydroxylation is 1. The van der Waals surface area contributed by atoms with Crippen LogP contribution in [0, 0.1) is 6.92 Å². The molecule has 19 heavy (non-hydrogen) atoms. The van der Waals surface area contributed by atoms with Gasteiger partial charge in [-0.25, -0.2) is 13.9 Å². The maximum Gasteiger partial charge on any atom is 0.348 e. The second-order valence-corrected chi connectivity index (χ2v) is 4.17. The Bertz CT molecular complexity index is 578. The molecule has 1 heterocycles. The summed E-state index contributed by atoms with van der Waals surface area (Å²) in [5.74, 6) is 0.886. The van der Waals surface area contributed by atoms with Gasteiger partial charge < -0.3 is 28.7 Å². The van der Waals surface area contributed by atoms with Crippen molar-refractivity contribution in [2.75, 3.05) is 6.61 Å². The van der Waals surface area contributed by atoms with Crippen molar-refractivity contribution in [3.63, 3.8) is 0 Å². The molecule has 2 rings (SSSR count). The van der Waals surface area contributed by atoms with Crippen LogP contribution >= 0.6 is 0 Å². The molecule has 0 aliphatic rings. The van der Waals surface area contributed by atoms with E-state index in [0.29, 0.717) is 6.61 Å². The molecule has 104 valence electrons. The average molecular weight is 374 g/mol. The second kappa shape index (κ2) is 6.88. The zero-order chi connectivity index (χ0) is 13.1. The molecule has 5 heteroatoms. The van der Waals surface area contributed by atoms with Gasteiger partial charge in [-0.15, -0.1) is 0 Å². The molecule has 1 aromatic carbocycles. The molecule has 2 aromatic rings. The molecule has 0 N–H and O–H groups in total. The molecule has 4 nitrogen and oxygen atoms in total. The maximum atomic E-state index is 11.7. The highest BCUT2D eigenvalue weighted by Gasteiger charge is 2.22. The van der Waals surface area contributed by atoms with Crippen LogP contribution < -0.4 is 28.5 Å². The van der Waals surface area contributed by atoms with Crippen LogP contribution in [-0.4, -0.2) is 17.1 Å². The minimum atomic E-state index is -0.190. The predicted molar refractivity (Wildman–Crippen MR) is 69.2 cm³/mol. The van der Waals surface area contributed by atoms with Crippen LogP contribution in [0.25, 0.3) is 11.0 Å². The molecule has 0 amide bonds. The molecule has 0 bridgehead atoms. The highest BCUT2D eigenvalue weighted by Crippen LogP contribution is 2.13. The van der Waals surface area contributed by atoms with Gasteiger partial charge in [0.1, 0.15) is 0 Å². The lowest BCUT2D eigenvalue weighted by atomic mass is 10.3. The number of rotatable bonds is 4. The molecule has 0 unspecified atom stereocenters. The fraction of sp³-hybridized carbons (Fsp3) is 0.429. The molecule has 0 saturated carbocycles. The Morgan fingerprint density at radius 3 is 2.63 bits per heavy atom. The van der Waals surface area contributed by atoms with E-state index in [-0.39, 0.29) is 36.5 Å². The van der Waals surface area contributed by atoms with Crippen molar-refractivity contribution in [3.8, 4) is 0 Å². The summed E-state index contributed by atoms with van der Waals surface area (Å²) in [6.07, 6.45) is 0. The van der Waals surface area contributed by atoms with E-state index < -0.39 is 0 Å².